The molecule has 0 aliphatic carbocycles. The number of aromatic nitrogens is 2. The molecule has 0 unspecified atom stereocenters. The Morgan fingerprint density at radius 1 is 1.41 bits per heavy atom. The van der Waals surface area contributed by atoms with Gasteiger partial charge >= 0.3 is 51.4 Å². The van der Waals surface area contributed by atoms with Gasteiger partial charge in [-0.1, -0.05) is 12.1 Å². The molecule has 0 bridgehead atoms. The van der Waals surface area contributed by atoms with E-state index in [4.69, 9.17) is 4.84 Å². The number of amides is 1. The van der Waals surface area contributed by atoms with Crippen molar-refractivity contribution in [2.75, 3.05) is 7.11 Å². The SMILES string of the molecule is COn1c([C@@H](O)[C@@H]2C(=O)N3[C@@H]2SC(C)(C)[C@@H]3C(=O)[O-])nc2ccccc21.[K+]. The van der Waals surface area contributed by atoms with Gasteiger partial charge in [-0.05, 0) is 26.0 Å². The first kappa shape index (κ1) is 21.1. The molecule has 0 radical (unpaired) electrons. The van der Waals surface area contributed by atoms with Crippen molar-refractivity contribution < 1.29 is 76.0 Å². The number of para-hydroxylation sites is 2. The van der Waals surface area contributed by atoms with Gasteiger partial charge in [0.2, 0.25) is 5.91 Å². The van der Waals surface area contributed by atoms with Crippen LogP contribution in [0.3, 0.4) is 0 Å². The number of aliphatic carboxylic acids is 1. The van der Waals surface area contributed by atoms with Crippen LogP contribution in [0.4, 0.5) is 0 Å². The Hall–Kier alpha value is -0.624. The zero-order valence-corrected chi connectivity index (χ0v) is 19.4. The number of hydrogen-bond donors (Lipinski definition) is 1. The minimum Gasteiger partial charge on any atom is -0.548 e. The topological polar surface area (TPSA) is 108 Å². The Morgan fingerprint density at radius 3 is 2.70 bits per heavy atom. The quantitative estimate of drug-likeness (QED) is 0.409. The molecule has 2 aliphatic rings. The summed E-state index contributed by atoms with van der Waals surface area (Å²) in [5.74, 6) is -2.25. The van der Waals surface area contributed by atoms with E-state index >= 15 is 0 Å². The van der Waals surface area contributed by atoms with Crippen molar-refractivity contribution in [3.8, 4) is 0 Å². The van der Waals surface area contributed by atoms with Crippen molar-refractivity contribution in [3.63, 3.8) is 0 Å². The molecule has 2 aromatic rings. The summed E-state index contributed by atoms with van der Waals surface area (Å²) in [6.07, 6.45) is -1.21. The van der Waals surface area contributed by atoms with Crippen LogP contribution >= 0.6 is 11.8 Å². The van der Waals surface area contributed by atoms with Gasteiger partial charge < -0.3 is 24.7 Å². The number of carbonyl (C=O) groups excluding carboxylic acids is 2. The van der Waals surface area contributed by atoms with E-state index in [-0.39, 0.29) is 57.2 Å². The Labute approximate surface area is 202 Å². The summed E-state index contributed by atoms with van der Waals surface area (Å²) in [4.78, 5) is 35.2. The monoisotopic (exact) mass is 415 g/mol. The molecule has 4 atom stereocenters. The number of imidazole rings is 1. The second-order valence-electron chi connectivity index (χ2n) is 6.99. The van der Waals surface area contributed by atoms with Crippen LogP contribution in [-0.2, 0) is 9.59 Å². The van der Waals surface area contributed by atoms with Gasteiger partial charge in [0.25, 0.3) is 0 Å². The molecular formula is C17H18KN3O5S. The van der Waals surface area contributed by atoms with Crippen LogP contribution in [0.25, 0.3) is 11.0 Å². The number of hydrogen-bond acceptors (Lipinski definition) is 7. The Bertz CT molecular complexity index is 917. The third kappa shape index (κ3) is 3.05. The predicted octanol–water partition coefficient (Wildman–Crippen LogP) is -3.44. The summed E-state index contributed by atoms with van der Waals surface area (Å²) in [6, 6.07) is 6.22. The molecule has 0 saturated carbocycles. The largest absolute Gasteiger partial charge is 1.00 e. The van der Waals surface area contributed by atoms with Crippen molar-refractivity contribution >= 4 is 34.7 Å². The van der Waals surface area contributed by atoms with Gasteiger partial charge in [0.1, 0.15) is 24.6 Å². The summed E-state index contributed by atoms with van der Waals surface area (Å²) in [5.41, 5.74) is 1.32. The second kappa shape index (κ2) is 7.32. The molecule has 1 aromatic carbocycles. The molecule has 2 fully saturated rings. The minimum absolute atomic E-state index is 0. The molecule has 2 saturated heterocycles. The van der Waals surface area contributed by atoms with Crippen LogP contribution in [-0.4, -0.2) is 54.9 Å². The molecule has 1 aromatic heterocycles. The summed E-state index contributed by atoms with van der Waals surface area (Å²) >= 11 is 1.36. The summed E-state index contributed by atoms with van der Waals surface area (Å²) in [7, 11) is 1.46. The van der Waals surface area contributed by atoms with E-state index < -0.39 is 40.1 Å². The summed E-state index contributed by atoms with van der Waals surface area (Å²) < 4.78 is 0.700. The van der Waals surface area contributed by atoms with Gasteiger partial charge in [-0.15, -0.1) is 11.8 Å². The Kier molecular flexibility index (Phi) is 5.72. The molecule has 27 heavy (non-hydrogen) atoms. The number of fused-ring (bicyclic) bond motifs is 2. The third-order valence-electron chi connectivity index (χ3n) is 5.04. The van der Waals surface area contributed by atoms with Crippen LogP contribution in [0.5, 0.6) is 0 Å². The van der Waals surface area contributed by atoms with Gasteiger partial charge in [0.05, 0.1) is 22.9 Å². The standard InChI is InChI=1S/C17H19N3O5S.K/c1-17(2)12(16(23)24)19-14(22)10(15(19)26-17)11(21)13-18-8-6-4-5-7-9(8)20(13)25-3;/h4-7,10-12,15,21H,1-3H3,(H,23,24);/q;+1/p-1/t10-,11+,12+,15-;/m1./s1. The number of nitrogens with zero attached hydrogens (tertiary/aromatic N) is 3. The van der Waals surface area contributed by atoms with E-state index in [1.165, 1.54) is 28.5 Å². The first-order valence-corrected chi connectivity index (χ1v) is 9.06. The fraction of sp³-hybridized carbons (Fsp3) is 0.471. The van der Waals surface area contributed by atoms with Gasteiger partial charge in [0.15, 0.2) is 5.82 Å². The predicted molar refractivity (Wildman–Crippen MR) is 91.8 cm³/mol. The molecular weight excluding hydrogens is 397 g/mol. The van der Waals surface area contributed by atoms with Crippen molar-refractivity contribution in [1.82, 2.24) is 14.6 Å². The average molecular weight is 416 g/mol. The number of aliphatic hydroxyl groups excluding tert-OH is 1. The maximum Gasteiger partial charge on any atom is 1.00 e. The van der Waals surface area contributed by atoms with E-state index in [0.29, 0.717) is 11.0 Å². The summed E-state index contributed by atoms with van der Waals surface area (Å²) in [6.45, 7) is 3.52. The molecule has 10 heteroatoms. The smallest absolute Gasteiger partial charge is 0.548 e. The third-order valence-corrected chi connectivity index (χ3v) is 6.63. The van der Waals surface area contributed by atoms with Gasteiger partial charge in [-0.3, -0.25) is 4.79 Å². The average Bonchev–Trinajstić information content (AvgIpc) is 3.07. The number of rotatable bonds is 4. The molecule has 2 aliphatic heterocycles. The van der Waals surface area contributed by atoms with Crippen LogP contribution in [0.15, 0.2) is 24.3 Å². The normalized spacial score (nSPS) is 26.9. The number of carboxylic acid groups (broad SMARTS) is 1. The zero-order chi connectivity index (χ0) is 18.8. The number of carboxylic acids is 1. The number of carbonyl (C=O) groups is 2. The number of benzene rings is 1. The van der Waals surface area contributed by atoms with Crippen LogP contribution in [0.1, 0.15) is 25.8 Å². The molecule has 1 amide bonds. The van der Waals surface area contributed by atoms with Crippen LogP contribution < -0.4 is 61.3 Å². The zero-order valence-electron chi connectivity index (χ0n) is 15.4. The van der Waals surface area contributed by atoms with Crippen LogP contribution in [0.2, 0.25) is 0 Å². The first-order valence-electron chi connectivity index (χ1n) is 8.18. The number of aliphatic hydroxyl groups is 1. The summed E-state index contributed by atoms with van der Waals surface area (Å²) in [5, 5.41) is 21.9. The fourth-order valence-corrected chi connectivity index (χ4v) is 5.59. The van der Waals surface area contributed by atoms with Crippen molar-refractivity contribution in [2.45, 2.75) is 36.1 Å². The van der Waals surface area contributed by atoms with Crippen molar-refractivity contribution in [2.24, 2.45) is 5.92 Å². The van der Waals surface area contributed by atoms with E-state index in [1.54, 1.807) is 26.0 Å². The minimum atomic E-state index is -1.28. The molecule has 4 rings (SSSR count). The Balaban J connectivity index is 0.00000210. The number of thioether (sulfide) groups is 1. The van der Waals surface area contributed by atoms with Gasteiger partial charge in [0, 0.05) is 4.75 Å². The van der Waals surface area contributed by atoms with E-state index in [1.807, 2.05) is 12.1 Å². The molecule has 3 heterocycles. The van der Waals surface area contributed by atoms with Gasteiger partial charge in [-0.2, -0.15) is 4.73 Å². The molecule has 0 spiro atoms. The number of β-lactam (4-membered cyclic amide) rings is 1. The maximum atomic E-state index is 12.7. The molecule has 8 nitrogen and oxygen atoms in total. The van der Waals surface area contributed by atoms with E-state index in [0.717, 1.165) is 0 Å². The first-order chi connectivity index (χ1) is 12.3. The fourth-order valence-electron chi connectivity index (χ4n) is 3.88. The second-order valence-corrected chi connectivity index (χ2v) is 8.76. The maximum absolute atomic E-state index is 12.7. The molecule has 1 N–H and O–H groups in total. The molecule has 138 valence electrons. The Morgan fingerprint density at radius 2 is 2.07 bits per heavy atom. The van der Waals surface area contributed by atoms with Gasteiger partial charge in [-0.25, -0.2) is 4.98 Å². The van der Waals surface area contributed by atoms with Crippen LogP contribution in [0, 0.1) is 5.92 Å². The van der Waals surface area contributed by atoms with Crippen molar-refractivity contribution in [1.29, 1.82) is 0 Å². The van der Waals surface area contributed by atoms with E-state index in [9.17, 15) is 19.8 Å². The van der Waals surface area contributed by atoms with Crippen molar-refractivity contribution in [3.05, 3.63) is 30.1 Å². The van der Waals surface area contributed by atoms with E-state index in [2.05, 4.69) is 4.98 Å².